The van der Waals surface area contributed by atoms with E-state index in [1.165, 1.54) is 12.1 Å². The first-order valence-corrected chi connectivity index (χ1v) is 9.30. The number of ether oxygens (including phenoxy) is 1. The van der Waals surface area contributed by atoms with Crippen LogP contribution in [-0.4, -0.2) is 24.5 Å². The number of benzene rings is 2. The first-order valence-electron chi connectivity index (χ1n) is 8.54. The highest BCUT2D eigenvalue weighted by atomic mass is 35.5. The second-order valence-corrected chi connectivity index (χ2v) is 7.11. The molecule has 144 valence electrons. The number of rotatable bonds is 8. The maximum atomic E-state index is 12.1. The van der Waals surface area contributed by atoms with Crippen LogP contribution in [0, 0.1) is 0 Å². The molecule has 2 rings (SSSR count). The average molecular weight is 409 g/mol. The molecule has 0 unspecified atom stereocenters. The molecule has 0 aromatic heterocycles. The Morgan fingerprint density at radius 3 is 2.48 bits per heavy atom. The fraction of sp³-hybridized carbons (Fsp3) is 0.300. The molecule has 7 heteroatoms. The topological polar surface area (TPSA) is 67.4 Å². The van der Waals surface area contributed by atoms with Crippen molar-refractivity contribution >= 4 is 35.0 Å². The van der Waals surface area contributed by atoms with Crippen molar-refractivity contribution in [1.29, 1.82) is 0 Å². The molecule has 0 radical (unpaired) electrons. The Morgan fingerprint density at radius 2 is 1.78 bits per heavy atom. The van der Waals surface area contributed by atoms with Gasteiger partial charge < -0.3 is 15.4 Å². The second kappa shape index (κ2) is 10.3. The Bertz CT molecular complexity index is 810. The molecule has 0 spiro atoms. The molecule has 5 nitrogen and oxygen atoms in total. The van der Waals surface area contributed by atoms with Gasteiger partial charge in [0.2, 0.25) is 5.91 Å². The number of hydrogen-bond acceptors (Lipinski definition) is 3. The molecule has 0 fully saturated rings. The van der Waals surface area contributed by atoms with Crippen LogP contribution in [0.3, 0.4) is 0 Å². The smallest absolute Gasteiger partial charge is 0.253 e. The van der Waals surface area contributed by atoms with Crippen LogP contribution < -0.4 is 10.6 Å². The normalized spacial score (nSPS) is 10.7. The minimum atomic E-state index is -0.431. The van der Waals surface area contributed by atoms with Gasteiger partial charge in [-0.05, 0) is 43.2 Å². The number of carbonyl (C=O) groups is 2. The highest BCUT2D eigenvalue weighted by molar-refractivity contribution is 6.36. The zero-order chi connectivity index (χ0) is 19.8. The van der Waals surface area contributed by atoms with Crippen LogP contribution in [0.1, 0.15) is 35.3 Å². The van der Waals surface area contributed by atoms with Gasteiger partial charge in [0.05, 0.1) is 29.8 Å². The van der Waals surface area contributed by atoms with Crippen molar-refractivity contribution < 1.29 is 14.3 Å². The van der Waals surface area contributed by atoms with Gasteiger partial charge in [0.1, 0.15) is 0 Å². The van der Waals surface area contributed by atoms with E-state index in [2.05, 4.69) is 10.6 Å². The van der Waals surface area contributed by atoms with Gasteiger partial charge in [-0.25, -0.2) is 0 Å². The molecule has 0 saturated carbocycles. The van der Waals surface area contributed by atoms with Gasteiger partial charge >= 0.3 is 0 Å². The number of halogens is 2. The van der Waals surface area contributed by atoms with E-state index in [0.29, 0.717) is 18.2 Å². The van der Waals surface area contributed by atoms with Crippen molar-refractivity contribution in [3.8, 4) is 0 Å². The molecule has 0 bridgehead atoms. The first kappa shape index (κ1) is 21.2. The summed E-state index contributed by atoms with van der Waals surface area (Å²) < 4.78 is 5.58. The van der Waals surface area contributed by atoms with Crippen LogP contribution in [0.2, 0.25) is 10.0 Å². The van der Waals surface area contributed by atoms with Crippen molar-refractivity contribution in [3.63, 3.8) is 0 Å². The third kappa shape index (κ3) is 7.21. The summed E-state index contributed by atoms with van der Waals surface area (Å²) >= 11 is 11.8. The van der Waals surface area contributed by atoms with E-state index in [4.69, 9.17) is 27.9 Å². The molecule has 0 saturated heterocycles. The third-order valence-corrected chi connectivity index (χ3v) is 4.20. The predicted octanol–water partition coefficient (Wildman–Crippen LogP) is 3.96. The van der Waals surface area contributed by atoms with Gasteiger partial charge in [0.25, 0.3) is 5.91 Å². The zero-order valence-corrected chi connectivity index (χ0v) is 16.7. The Morgan fingerprint density at radius 1 is 1.04 bits per heavy atom. The summed E-state index contributed by atoms with van der Waals surface area (Å²) in [6, 6.07) is 12.4. The summed E-state index contributed by atoms with van der Waals surface area (Å²) in [5, 5.41) is 5.99. The van der Waals surface area contributed by atoms with Crippen molar-refractivity contribution in [3.05, 3.63) is 69.2 Å². The van der Waals surface area contributed by atoms with E-state index >= 15 is 0 Å². The standard InChI is InChI=1S/C20H22Cl2N2O3/c1-13(2)27-12-15-5-3-4-14(8-15)10-23-19(25)11-24-20(26)17-7-6-16(21)9-18(17)22/h3-9,13H,10-12H2,1-2H3,(H,23,25)(H,24,26). The lowest BCUT2D eigenvalue weighted by atomic mass is 10.1. The van der Waals surface area contributed by atoms with Gasteiger partial charge in [-0.15, -0.1) is 0 Å². The number of nitrogens with one attached hydrogen (secondary N) is 2. The number of amides is 2. The first-order chi connectivity index (χ1) is 12.8. The lowest BCUT2D eigenvalue weighted by molar-refractivity contribution is -0.120. The molecule has 27 heavy (non-hydrogen) atoms. The zero-order valence-electron chi connectivity index (χ0n) is 15.2. The van der Waals surface area contributed by atoms with Crippen LogP contribution in [0.4, 0.5) is 0 Å². The number of carbonyl (C=O) groups excluding carboxylic acids is 2. The highest BCUT2D eigenvalue weighted by Crippen LogP contribution is 2.20. The lowest BCUT2D eigenvalue weighted by Crippen LogP contribution is -2.36. The van der Waals surface area contributed by atoms with Crippen molar-refractivity contribution in [2.45, 2.75) is 33.1 Å². The highest BCUT2D eigenvalue weighted by Gasteiger charge is 2.12. The molecule has 2 aromatic rings. The molecular weight excluding hydrogens is 387 g/mol. The molecule has 2 N–H and O–H groups in total. The SMILES string of the molecule is CC(C)OCc1cccc(CNC(=O)CNC(=O)c2ccc(Cl)cc2Cl)c1. The average Bonchev–Trinajstić information content (AvgIpc) is 2.63. The minimum Gasteiger partial charge on any atom is -0.374 e. The third-order valence-electron chi connectivity index (χ3n) is 3.65. The van der Waals surface area contributed by atoms with Crippen molar-refractivity contribution in [2.24, 2.45) is 0 Å². The maximum Gasteiger partial charge on any atom is 0.253 e. The fourth-order valence-electron chi connectivity index (χ4n) is 2.28. The molecular formula is C20H22Cl2N2O3. The maximum absolute atomic E-state index is 12.1. The summed E-state index contributed by atoms with van der Waals surface area (Å²) in [5.41, 5.74) is 2.27. The molecule has 0 aliphatic heterocycles. The Balaban J connectivity index is 1.80. The molecule has 0 heterocycles. The molecule has 2 amide bonds. The van der Waals surface area contributed by atoms with E-state index in [0.717, 1.165) is 11.1 Å². The summed E-state index contributed by atoms with van der Waals surface area (Å²) in [7, 11) is 0. The molecule has 0 aliphatic rings. The lowest BCUT2D eigenvalue weighted by Gasteiger charge is -2.10. The van der Waals surface area contributed by atoms with E-state index in [1.807, 2.05) is 38.1 Å². The summed E-state index contributed by atoms with van der Waals surface area (Å²) in [6.45, 7) is 4.71. The van der Waals surface area contributed by atoms with Crippen LogP contribution in [0.5, 0.6) is 0 Å². The summed E-state index contributed by atoms with van der Waals surface area (Å²) in [4.78, 5) is 24.1. The van der Waals surface area contributed by atoms with E-state index in [1.54, 1.807) is 6.07 Å². The van der Waals surface area contributed by atoms with Crippen molar-refractivity contribution in [1.82, 2.24) is 10.6 Å². The Hall–Kier alpha value is -2.08. The Kier molecular flexibility index (Phi) is 8.10. The van der Waals surface area contributed by atoms with Crippen LogP contribution in [0.15, 0.2) is 42.5 Å². The van der Waals surface area contributed by atoms with Gasteiger partial charge in [-0.3, -0.25) is 9.59 Å². The number of hydrogen-bond donors (Lipinski definition) is 2. The van der Waals surface area contributed by atoms with Gasteiger partial charge in [0.15, 0.2) is 0 Å². The molecule has 2 aromatic carbocycles. The summed E-state index contributed by atoms with van der Waals surface area (Å²) in [5.74, 6) is -0.725. The minimum absolute atomic E-state index is 0.145. The second-order valence-electron chi connectivity index (χ2n) is 6.26. The van der Waals surface area contributed by atoms with Gasteiger partial charge in [0, 0.05) is 11.6 Å². The fourth-order valence-corrected chi connectivity index (χ4v) is 2.78. The van der Waals surface area contributed by atoms with E-state index in [-0.39, 0.29) is 29.1 Å². The largest absolute Gasteiger partial charge is 0.374 e. The summed E-state index contributed by atoms with van der Waals surface area (Å²) in [6.07, 6.45) is 0.158. The van der Waals surface area contributed by atoms with Crippen LogP contribution in [0.25, 0.3) is 0 Å². The quantitative estimate of drug-likeness (QED) is 0.694. The van der Waals surface area contributed by atoms with Crippen LogP contribution in [-0.2, 0) is 22.7 Å². The molecule has 0 atom stereocenters. The molecule has 0 aliphatic carbocycles. The Labute approximate surface area is 169 Å². The van der Waals surface area contributed by atoms with E-state index in [9.17, 15) is 9.59 Å². The van der Waals surface area contributed by atoms with Crippen LogP contribution >= 0.6 is 23.2 Å². The van der Waals surface area contributed by atoms with Crippen molar-refractivity contribution in [2.75, 3.05) is 6.54 Å². The van der Waals surface area contributed by atoms with Gasteiger partial charge in [-0.1, -0.05) is 47.5 Å². The predicted molar refractivity (Wildman–Crippen MR) is 107 cm³/mol. The monoisotopic (exact) mass is 408 g/mol. The van der Waals surface area contributed by atoms with Gasteiger partial charge in [-0.2, -0.15) is 0 Å². The van der Waals surface area contributed by atoms with E-state index < -0.39 is 5.91 Å².